The minimum absolute atomic E-state index is 0.0325. The van der Waals surface area contributed by atoms with Crippen LogP contribution in [0, 0.1) is 0 Å². The molecule has 0 fully saturated rings. The van der Waals surface area contributed by atoms with Crippen molar-refractivity contribution in [2.75, 3.05) is 12.4 Å². The number of nitrogens with one attached hydrogen (secondary N) is 1. The summed E-state index contributed by atoms with van der Waals surface area (Å²) in [6, 6.07) is 17.2. The standard InChI is InChI=1S/C24H20ClN5O5/c1-34-21-11-10-20(14-26-21)35-19-8-6-18(7-9-19)27-22-28-23(32)29(12-13-31)24(33)30(22)15-16-2-4-17(25)5-3-16/h2-11,13-14H,12,15H2,1H3,(H,27,28,32). The van der Waals surface area contributed by atoms with Crippen LogP contribution in [0.15, 0.2) is 76.4 Å². The van der Waals surface area contributed by atoms with Crippen molar-refractivity contribution >= 4 is 29.5 Å². The van der Waals surface area contributed by atoms with Gasteiger partial charge in [0.25, 0.3) is 0 Å². The first-order chi connectivity index (χ1) is 17.0. The number of hydrogen-bond acceptors (Lipinski definition) is 8. The molecule has 11 heteroatoms. The van der Waals surface area contributed by atoms with Crippen LogP contribution in [0.3, 0.4) is 0 Å². The normalized spacial score (nSPS) is 10.6. The van der Waals surface area contributed by atoms with Crippen molar-refractivity contribution in [1.29, 1.82) is 0 Å². The van der Waals surface area contributed by atoms with Crippen LogP contribution in [0.4, 0.5) is 11.6 Å². The molecule has 0 saturated heterocycles. The molecular weight excluding hydrogens is 474 g/mol. The van der Waals surface area contributed by atoms with Crippen LogP contribution in [0.2, 0.25) is 5.02 Å². The molecule has 2 aromatic heterocycles. The molecule has 0 aliphatic rings. The van der Waals surface area contributed by atoms with Gasteiger partial charge in [-0.1, -0.05) is 23.7 Å². The van der Waals surface area contributed by atoms with Gasteiger partial charge in [0, 0.05) is 16.8 Å². The number of carbonyl (C=O) groups is 1. The summed E-state index contributed by atoms with van der Waals surface area (Å²) < 4.78 is 12.8. The Labute approximate surface area is 204 Å². The Kier molecular flexibility index (Phi) is 7.22. The highest BCUT2D eigenvalue weighted by atomic mass is 35.5. The maximum absolute atomic E-state index is 13.0. The molecule has 0 bridgehead atoms. The zero-order valence-electron chi connectivity index (χ0n) is 18.6. The van der Waals surface area contributed by atoms with Crippen LogP contribution in [0.1, 0.15) is 5.56 Å². The molecule has 0 radical (unpaired) electrons. The van der Waals surface area contributed by atoms with Gasteiger partial charge in [-0.25, -0.2) is 19.1 Å². The number of pyridine rings is 1. The number of hydrogen-bond donors (Lipinski definition) is 1. The van der Waals surface area contributed by atoms with Gasteiger partial charge in [0.05, 0.1) is 26.4 Å². The van der Waals surface area contributed by atoms with Crippen molar-refractivity contribution < 1.29 is 14.3 Å². The SMILES string of the molecule is COc1ccc(Oc2ccc(Nc3nc(=O)n(CC=O)c(=O)n3Cc3ccc(Cl)cc3)cc2)cn1. The van der Waals surface area contributed by atoms with Gasteiger partial charge in [0.1, 0.15) is 17.8 Å². The Hall–Kier alpha value is -4.44. The molecule has 2 aromatic carbocycles. The van der Waals surface area contributed by atoms with Crippen LogP contribution >= 0.6 is 11.6 Å². The van der Waals surface area contributed by atoms with Crippen LogP contribution in [-0.2, 0) is 17.9 Å². The lowest BCUT2D eigenvalue weighted by Crippen LogP contribution is -2.43. The number of aromatic nitrogens is 4. The molecule has 0 aliphatic heterocycles. The third-order valence-electron chi connectivity index (χ3n) is 4.93. The second-order valence-electron chi connectivity index (χ2n) is 7.28. The van der Waals surface area contributed by atoms with E-state index in [2.05, 4.69) is 15.3 Å². The number of benzene rings is 2. The van der Waals surface area contributed by atoms with Crippen molar-refractivity contribution in [3.63, 3.8) is 0 Å². The van der Waals surface area contributed by atoms with E-state index in [1.54, 1.807) is 66.9 Å². The fourth-order valence-corrected chi connectivity index (χ4v) is 3.32. The van der Waals surface area contributed by atoms with E-state index >= 15 is 0 Å². The highest BCUT2D eigenvalue weighted by Crippen LogP contribution is 2.24. The van der Waals surface area contributed by atoms with Crippen LogP contribution < -0.4 is 26.2 Å². The van der Waals surface area contributed by atoms with Crippen LogP contribution in [0.25, 0.3) is 0 Å². The molecule has 0 spiro atoms. The van der Waals surface area contributed by atoms with Crippen LogP contribution in [0.5, 0.6) is 17.4 Å². The lowest BCUT2D eigenvalue weighted by Gasteiger charge is -2.15. The minimum Gasteiger partial charge on any atom is -0.481 e. The minimum atomic E-state index is -0.830. The molecule has 4 aromatic rings. The zero-order valence-corrected chi connectivity index (χ0v) is 19.3. The van der Waals surface area contributed by atoms with Crippen molar-refractivity contribution in [2.45, 2.75) is 13.1 Å². The fraction of sp³-hybridized carbons (Fsp3) is 0.125. The van der Waals surface area contributed by atoms with Gasteiger partial charge in [-0.2, -0.15) is 4.98 Å². The van der Waals surface area contributed by atoms with E-state index in [4.69, 9.17) is 21.1 Å². The Morgan fingerprint density at radius 1 is 0.971 bits per heavy atom. The number of halogens is 1. The van der Waals surface area contributed by atoms with Gasteiger partial charge in [-0.3, -0.25) is 4.57 Å². The van der Waals surface area contributed by atoms with Crippen molar-refractivity contribution in [1.82, 2.24) is 19.1 Å². The molecule has 1 N–H and O–H groups in total. The number of nitrogens with zero attached hydrogens (tertiary/aromatic N) is 4. The van der Waals surface area contributed by atoms with Gasteiger partial charge >= 0.3 is 11.4 Å². The molecule has 0 amide bonds. The van der Waals surface area contributed by atoms with E-state index in [9.17, 15) is 14.4 Å². The Balaban J connectivity index is 1.60. The Bertz CT molecular complexity index is 1430. The van der Waals surface area contributed by atoms with E-state index in [0.717, 1.165) is 10.1 Å². The highest BCUT2D eigenvalue weighted by molar-refractivity contribution is 6.30. The first kappa shape index (κ1) is 23.7. The second-order valence-corrected chi connectivity index (χ2v) is 7.71. The monoisotopic (exact) mass is 493 g/mol. The summed E-state index contributed by atoms with van der Waals surface area (Å²) >= 11 is 5.95. The summed E-state index contributed by atoms with van der Waals surface area (Å²) in [6.45, 7) is -0.284. The van der Waals surface area contributed by atoms with Crippen molar-refractivity contribution in [3.05, 3.63) is 98.4 Å². The van der Waals surface area contributed by atoms with Gasteiger partial charge in [-0.05, 0) is 48.0 Å². The van der Waals surface area contributed by atoms with E-state index in [0.29, 0.717) is 34.4 Å². The maximum atomic E-state index is 13.0. The summed E-state index contributed by atoms with van der Waals surface area (Å²) in [5.74, 6) is 1.59. The summed E-state index contributed by atoms with van der Waals surface area (Å²) in [7, 11) is 1.53. The lowest BCUT2D eigenvalue weighted by molar-refractivity contribution is -0.108. The number of methoxy groups -OCH3 is 1. The van der Waals surface area contributed by atoms with Crippen LogP contribution in [-0.4, -0.2) is 32.5 Å². The van der Waals surface area contributed by atoms with Gasteiger partial charge < -0.3 is 19.6 Å². The lowest BCUT2D eigenvalue weighted by atomic mass is 10.2. The molecule has 0 atom stereocenters. The van der Waals surface area contributed by atoms with Crippen molar-refractivity contribution in [2.24, 2.45) is 0 Å². The predicted octanol–water partition coefficient (Wildman–Crippen LogP) is 3.25. The molecular formula is C24H20ClN5O5. The topological polar surface area (TPSA) is 117 Å². The fourth-order valence-electron chi connectivity index (χ4n) is 3.19. The largest absolute Gasteiger partial charge is 0.481 e. The quantitative estimate of drug-likeness (QED) is 0.353. The summed E-state index contributed by atoms with van der Waals surface area (Å²) in [6.07, 6.45) is 2.01. The average molecular weight is 494 g/mol. The molecule has 0 unspecified atom stereocenters. The Morgan fingerprint density at radius 3 is 2.31 bits per heavy atom. The first-order valence-electron chi connectivity index (χ1n) is 10.4. The van der Waals surface area contributed by atoms with E-state index < -0.39 is 17.9 Å². The third kappa shape index (κ3) is 5.74. The summed E-state index contributed by atoms with van der Waals surface area (Å²) in [5.41, 5.74) is -0.172. The molecule has 4 rings (SSSR count). The molecule has 178 valence electrons. The summed E-state index contributed by atoms with van der Waals surface area (Å²) in [4.78, 5) is 44.4. The smallest absolute Gasteiger partial charge is 0.355 e. The summed E-state index contributed by atoms with van der Waals surface area (Å²) in [5, 5.41) is 3.55. The number of rotatable bonds is 9. The zero-order chi connectivity index (χ0) is 24.8. The molecule has 0 saturated carbocycles. The number of carbonyl (C=O) groups excluding carboxylic acids is 1. The van der Waals surface area contributed by atoms with E-state index in [1.165, 1.54) is 11.7 Å². The van der Waals surface area contributed by atoms with E-state index in [-0.39, 0.29) is 12.5 Å². The maximum Gasteiger partial charge on any atom is 0.355 e. The van der Waals surface area contributed by atoms with Gasteiger partial charge in [0.15, 0.2) is 0 Å². The molecule has 0 aliphatic carbocycles. The number of ether oxygens (including phenoxy) is 2. The molecule has 2 heterocycles. The first-order valence-corrected chi connectivity index (χ1v) is 10.8. The Morgan fingerprint density at radius 2 is 1.69 bits per heavy atom. The number of aldehydes is 1. The van der Waals surface area contributed by atoms with E-state index in [1.807, 2.05) is 0 Å². The predicted molar refractivity (Wildman–Crippen MR) is 130 cm³/mol. The van der Waals surface area contributed by atoms with Gasteiger partial charge in [-0.15, -0.1) is 0 Å². The highest BCUT2D eigenvalue weighted by Gasteiger charge is 2.14. The number of anilines is 2. The average Bonchev–Trinajstić information content (AvgIpc) is 2.87. The third-order valence-corrected chi connectivity index (χ3v) is 5.18. The molecule has 35 heavy (non-hydrogen) atoms. The second kappa shape index (κ2) is 10.7. The van der Waals surface area contributed by atoms with Crippen molar-refractivity contribution in [3.8, 4) is 17.4 Å². The molecule has 10 nitrogen and oxygen atoms in total. The van der Waals surface area contributed by atoms with Gasteiger partial charge in [0.2, 0.25) is 11.8 Å².